The predicted octanol–water partition coefficient (Wildman–Crippen LogP) is 1.97. The van der Waals surface area contributed by atoms with E-state index in [1.807, 2.05) is 25.1 Å². The Morgan fingerprint density at radius 3 is 2.64 bits per heavy atom. The van der Waals surface area contributed by atoms with Crippen LogP contribution in [0.25, 0.3) is 0 Å². The Morgan fingerprint density at radius 2 is 2.00 bits per heavy atom. The zero-order valence-corrected chi connectivity index (χ0v) is 12.6. The molecule has 5 nitrogen and oxygen atoms in total. The maximum Gasteiger partial charge on any atom is 0.315 e. The molecule has 0 aliphatic heterocycles. The number of aliphatic hydroxyl groups is 1. The summed E-state index contributed by atoms with van der Waals surface area (Å²) in [4.78, 5) is 16.2. The third-order valence-corrected chi connectivity index (χ3v) is 3.31. The van der Waals surface area contributed by atoms with Gasteiger partial charge < -0.3 is 15.7 Å². The normalized spacial score (nSPS) is 11.7. The van der Waals surface area contributed by atoms with Crippen LogP contribution in [0.15, 0.2) is 48.7 Å². The van der Waals surface area contributed by atoms with Crippen LogP contribution >= 0.6 is 0 Å². The molecule has 2 rings (SSSR count). The molecule has 2 amide bonds. The van der Waals surface area contributed by atoms with Gasteiger partial charge in [0.05, 0.1) is 18.3 Å². The van der Waals surface area contributed by atoms with Crippen molar-refractivity contribution in [3.8, 4) is 0 Å². The fourth-order valence-electron chi connectivity index (χ4n) is 2.15. The molecule has 3 N–H and O–H groups in total. The lowest BCUT2D eigenvalue weighted by molar-refractivity contribution is 0.230. The van der Waals surface area contributed by atoms with Crippen molar-refractivity contribution >= 4 is 6.03 Å². The molecule has 1 heterocycles. The van der Waals surface area contributed by atoms with Crippen LogP contribution in [-0.2, 0) is 6.42 Å². The standard InChI is InChI=1S/C17H21N3O2/c1-13-5-7-14(8-6-13)12-16(15-4-2-3-9-18-15)20-17(22)19-10-11-21/h2-9,16,21H,10-12H2,1H3,(H2,19,20,22). The highest BCUT2D eigenvalue weighted by Gasteiger charge is 2.16. The number of amides is 2. The summed E-state index contributed by atoms with van der Waals surface area (Å²) in [5.74, 6) is 0. The number of aliphatic hydroxyl groups excluding tert-OH is 1. The van der Waals surface area contributed by atoms with Gasteiger partial charge in [0.25, 0.3) is 0 Å². The number of nitrogens with zero attached hydrogens (tertiary/aromatic N) is 1. The van der Waals surface area contributed by atoms with Crippen LogP contribution in [0.4, 0.5) is 4.79 Å². The number of aryl methyl sites for hydroxylation is 1. The van der Waals surface area contributed by atoms with Gasteiger partial charge in [0.15, 0.2) is 0 Å². The first-order chi connectivity index (χ1) is 10.7. The van der Waals surface area contributed by atoms with Gasteiger partial charge >= 0.3 is 6.03 Å². The minimum atomic E-state index is -0.309. The van der Waals surface area contributed by atoms with E-state index < -0.39 is 0 Å². The summed E-state index contributed by atoms with van der Waals surface area (Å²) in [6.45, 7) is 2.19. The summed E-state index contributed by atoms with van der Waals surface area (Å²) in [7, 11) is 0. The molecule has 1 atom stereocenters. The third kappa shape index (κ3) is 4.86. The molecule has 5 heteroatoms. The van der Waals surface area contributed by atoms with E-state index in [4.69, 9.17) is 5.11 Å². The number of carbonyl (C=O) groups excluding carboxylic acids is 1. The molecule has 0 saturated carbocycles. The molecule has 0 radical (unpaired) electrons. The van der Waals surface area contributed by atoms with Crippen molar-refractivity contribution < 1.29 is 9.90 Å². The Balaban J connectivity index is 2.11. The number of aromatic nitrogens is 1. The number of carbonyl (C=O) groups is 1. The molecule has 0 aliphatic rings. The lowest BCUT2D eigenvalue weighted by Gasteiger charge is -2.19. The van der Waals surface area contributed by atoms with Crippen LogP contribution < -0.4 is 10.6 Å². The zero-order chi connectivity index (χ0) is 15.8. The minimum absolute atomic E-state index is 0.0837. The van der Waals surface area contributed by atoms with E-state index >= 15 is 0 Å². The second-order valence-corrected chi connectivity index (χ2v) is 5.12. The average molecular weight is 299 g/mol. The molecule has 0 bridgehead atoms. The first-order valence-corrected chi connectivity index (χ1v) is 7.30. The van der Waals surface area contributed by atoms with E-state index in [0.717, 1.165) is 11.3 Å². The Kier molecular flexibility index (Phi) is 5.91. The highest BCUT2D eigenvalue weighted by Crippen LogP contribution is 2.17. The van der Waals surface area contributed by atoms with Crippen LogP contribution in [0.1, 0.15) is 22.9 Å². The summed E-state index contributed by atoms with van der Waals surface area (Å²) in [6.07, 6.45) is 2.37. The number of benzene rings is 1. The van der Waals surface area contributed by atoms with Gasteiger partial charge in [0.1, 0.15) is 0 Å². The monoisotopic (exact) mass is 299 g/mol. The maximum absolute atomic E-state index is 11.9. The topological polar surface area (TPSA) is 74.2 Å². The smallest absolute Gasteiger partial charge is 0.315 e. The number of nitrogens with one attached hydrogen (secondary N) is 2. The molecule has 116 valence electrons. The number of hydrogen-bond donors (Lipinski definition) is 3. The lowest BCUT2D eigenvalue weighted by Crippen LogP contribution is -2.40. The van der Waals surface area contributed by atoms with Gasteiger partial charge in [-0.25, -0.2) is 4.79 Å². The van der Waals surface area contributed by atoms with Gasteiger partial charge in [0.2, 0.25) is 0 Å². The molecule has 22 heavy (non-hydrogen) atoms. The molecular weight excluding hydrogens is 278 g/mol. The van der Waals surface area contributed by atoms with Crippen molar-refractivity contribution in [2.24, 2.45) is 0 Å². The largest absolute Gasteiger partial charge is 0.395 e. The van der Waals surface area contributed by atoms with Gasteiger partial charge in [-0.3, -0.25) is 4.98 Å². The van der Waals surface area contributed by atoms with Crippen molar-refractivity contribution in [3.05, 3.63) is 65.5 Å². The van der Waals surface area contributed by atoms with E-state index in [1.165, 1.54) is 5.56 Å². The van der Waals surface area contributed by atoms with Crippen molar-refractivity contribution in [1.82, 2.24) is 15.6 Å². The van der Waals surface area contributed by atoms with Crippen LogP contribution in [0.3, 0.4) is 0 Å². The highest BCUT2D eigenvalue weighted by atomic mass is 16.3. The SMILES string of the molecule is Cc1ccc(CC(NC(=O)NCCO)c2ccccn2)cc1. The molecule has 0 spiro atoms. The first kappa shape index (κ1) is 16.0. The van der Waals surface area contributed by atoms with Gasteiger partial charge in [0, 0.05) is 12.7 Å². The third-order valence-electron chi connectivity index (χ3n) is 3.31. The number of hydrogen-bond acceptors (Lipinski definition) is 3. The number of rotatable bonds is 6. The van der Waals surface area contributed by atoms with E-state index in [0.29, 0.717) is 6.42 Å². The fraction of sp³-hybridized carbons (Fsp3) is 0.294. The Bertz CT molecular complexity index is 585. The van der Waals surface area contributed by atoms with Gasteiger partial charge in [-0.05, 0) is 31.0 Å². The van der Waals surface area contributed by atoms with Crippen molar-refractivity contribution in [1.29, 1.82) is 0 Å². The average Bonchev–Trinajstić information content (AvgIpc) is 2.55. The number of pyridine rings is 1. The molecule has 1 aromatic carbocycles. The minimum Gasteiger partial charge on any atom is -0.395 e. The molecule has 0 saturated heterocycles. The molecule has 1 aromatic heterocycles. The van der Waals surface area contributed by atoms with E-state index in [1.54, 1.807) is 6.20 Å². The molecule has 0 aliphatic carbocycles. The summed E-state index contributed by atoms with van der Waals surface area (Å²) in [5, 5.41) is 14.3. The highest BCUT2D eigenvalue weighted by molar-refractivity contribution is 5.74. The van der Waals surface area contributed by atoms with Gasteiger partial charge in [-0.2, -0.15) is 0 Å². The van der Waals surface area contributed by atoms with E-state index in [-0.39, 0.29) is 25.2 Å². The lowest BCUT2D eigenvalue weighted by atomic mass is 10.0. The van der Waals surface area contributed by atoms with E-state index in [2.05, 4.69) is 39.9 Å². The zero-order valence-electron chi connectivity index (χ0n) is 12.6. The van der Waals surface area contributed by atoms with Crippen molar-refractivity contribution in [3.63, 3.8) is 0 Å². The number of urea groups is 1. The summed E-state index contributed by atoms with van der Waals surface area (Å²) in [6, 6.07) is 13.3. The van der Waals surface area contributed by atoms with Crippen LogP contribution in [0, 0.1) is 6.92 Å². The Hall–Kier alpha value is -2.40. The first-order valence-electron chi connectivity index (χ1n) is 7.30. The van der Waals surface area contributed by atoms with Gasteiger partial charge in [-0.1, -0.05) is 35.9 Å². The molecule has 1 unspecified atom stereocenters. The van der Waals surface area contributed by atoms with Gasteiger partial charge in [-0.15, -0.1) is 0 Å². The second-order valence-electron chi connectivity index (χ2n) is 5.12. The molecule has 0 fully saturated rings. The second kappa shape index (κ2) is 8.14. The van der Waals surface area contributed by atoms with Crippen molar-refractivity contribution in [2.45, 2.75) is 19.4 Å². The predicted molar refractivity (Wildman–Crippen MR) is 85.5 cm³/mol. The molecular formula is C17H21N3O2. The maximum atomic E-state index is 11.9. The van der Waals surface area contributed by atoms with Crippen LogP contribution in [0.2, 0.25) is 0 Å². The Morgan fingerprint density at radius 1 is 1.23 bits per heavy atom. The summed E-state index contributed by atoms with van der Waals surface area (Å²) >= 11 is 0. The van der Waals surface area contributed by atoms with Crippen molar-refractivity contribution in [2.75, 3.05) is 13.2 Å². The summed E-state index contributed by atoms with van der Waals surface area (Å²) in [5.41, 5.74) is 3.14. The quantitative estimate of drug-likeness (QED) is 0.763. The Labute approximate surface area is 130 Å². The fourth-order valence-corrected chi connectivity index (χ4v) is 2.15. The van der Waals surface area contributed by atoms with Crippen LogP contribution in [0.5, 0.6) is 0 Å². The van der Waals surface area contributed by atoms with Crippen LogP contribution in [-0.4, -0.2) is 29.3 Å². The molecule has 2 aromatic rings. The van der Waals surface area contributed by atoms with E-state index in [9.17, 15) is 4.79 Å². The summed E-state index contributed by atoms with van der Waals surface area (Å²) < 4.78 is 0.